The molecular weight excluding hydrogens is 284 g/mol. The summed E-state index contributed by atoms with van der Waals surface area (Å²) in [5.74, 6) is 1.19. The molecular formula is C15H18N4O3. The van der Waals surface area contributed by atoms with Crippen LogP contribution < -0.4 is 9.64 Å². The van der Waals surface area contributed by atoms with Crippen LogP contribution in [0.25, 0.3) is 0 Å². The Kier molecular flexibility index (Phi) is 3.95. The van der Waals surface area contributed by atoms with Crippen LogP contribution in [-0.4, -0.2) is 54.1 Å². The molecule has 1 saturated heterocycles. The third-order valence-electron chi connectivity index (χ3n) is 3.94. The molecule has 1 atom stereocenters. The van der Waals surface area contributed by atoms with Crippen molar-refractivity contribution >= 4 is 11.7 Å². The fourth-order valence-electron chi connectivity index (χ4n) is 2.68. The molecule has 0 spiro atoms. The molecule has 2 aromatic heterocycles. The number of ether oxygens (including phenoxy) is 1. The predicted molar refractivity (Wildman–Crippen MR) is 80.0 cm³/mol. The Labute approximate surface area is 128 Å². The van der Waals surface area contributed by atoms with Crippen LogP contribution in [-0.2, 0) is 0 Å². The third-order valence-corrected chi connectivity index (χ3v) is 3.94. The van der Waals surface area contributed by atoms with Crippen molar-refractivity contribution in [1.29, 1.82) is 0 Å². The Morgan fingerprint density at radius 3 is 3.00 bits per heavy atom. The van der Waals surface area contributed by atoms with Crippen molar-refractivity contribution in [3.63, 3.8) is 0 Å². The maximum Gasteiger partial charge on any atom is 0.257 e. The summed E-state index contributed by atoms with van der Waals surface area (Å²) in [4.78, 5) is 24.7. The first kappa shape index (κ1) is 14.4. The highest BCUT2D eigenvalue weighted by molar-refractivity contribution is 5.93. The van der Waals surface area contributed by atoms with E-state index in [1.165, 1.54) is 12.5 Å². The number of carbonyl (C=O) groups excluding carboxylic acids is 1. The highest BCUT2D eigenvalue weighted by Crippen LogP contribution is 2.27. The second kappa shape index (κ2) is 6.05. The number of amides is 1. The number of hydrogen-bond donors (Lipinski definition) is 0. The second-order valence-electron chi connectivity index (χ2n) is 5.21. The molecule has 3 rings (SSSR count). The summed E-state index contributed by atoms with van der Waals surface area (Å²) in [6, 6.07) is 1.80. The number of anilines is 1. The molecule has 1 aliphatic heterocycles. The quantitative estimate of drug-likeness (QED) is 0.851. The standard InChI is InChI=1S/C15H18N4O3/c1-18(15(20)11-4-8-22-10-11)12-3-7-19(9-12)13-14(21-2)17-6-5-16-13/h4-6,8,10,12H,3,7,9H2,1-2H3/t12-/m1/s1. The maximum absolute atomic E-state index is 12.4. The van der Waals surface area contributed by atoms with E-state index in [0.29, 0.717) is 18.0 Å². The first-order chi connectivity index (χ1) is 10.7. The van der Waals surface area contributed by atoms with Gasteiger partial charge in [0, 0.05) is 32.5 Å². The van der Waals surface area contributed by atoms with Gasteiger partial charge in [-0.25, -0.2) is 9.97 Å². The molecule has 2 aromatic rings. The number of furan rings is 1. The van der Waals surface area contributed by atoms with Gasteiger partial charge in [0.05, 0.1) is 25.0 Å². The molecule has 22 heavy (non-hydrogen) atoms. The second-order valence-corrected chi connectivity index (χ2v) is 5.21. The van der Waals surface area contributed by atoms with Crippen molar-refractivity contribution in [3.05, 3.63) is 36.5 Å². The normalized spacial score (nSPS) is 17.5. The van der Waals surface area contributed by atoms with Gasteiger partial charge in [0.1, 0.15) is 6.26 Å². The lowest BCUT2D eigenvalue weighted by molar-refractivity contribution is 0.0744. The van der Waals surface area contributed by atoms with Crippen LogP contribution >= 0.6 is 0 Å². The van der Waals surface area contributed by atoms with Crippen LogP contribution in [0.2, 0.25) is 0 Å². The van der Waals surface area contributed by atoms with Crippen molar-refractivity contribution in [2.75, 3.05) is 32.1 Å². The van der Waals surface area contributed by atoms with E-state index in [1.807, 2.05) is 7.05 Å². The van der Waals surface area contributed by atoms with Gasteiger partial charge in [0.15, 0.2) is 5.82 Å². The minimum absolute atomic E-state index is 0.0355. The fraction of sp³-hybridized carbons (Fsp3) is 0.400. The van der Waals surface area contributed by atoms with Crippen LogP contribution in [0.1, 0.15) is 16.8 Å². The molecule has 0 radical (unpaired) electrons. The lowest BCUT2D eigenvalue weighted by atomic mass is 10.2. The Morgan fingerprint density at radius 1 is 1.45 bits per heavy atom. The van der Waals surface area contributed by atoms with Gasteiger partial charge in [-0.15, -0.1) is 0 Å². The Morgan fingerprint density at radius 2 is 2.27 bits per heavy atom. The minimum atomic E-state index is -0.0355. The minimum Gasteiger partial charge on any atom is -0.478 e. The topological polar surface area (TPSA) is 71.7 Å². The van der Waals surface area contributed by atoms with Crippen molar-refractivity contribution < 1.29 is 13.9 Å². The zero-order valence-electron chi connectivity index (χ0n) is 12.6. The van der Waals surface area contributed by atoms with E-state index >= 15 is 0 Å². The van der Waals surface area contributed by atoms with Crippen molar-refractivity contribution in [2.45, 2.75) is 12.5 Å². The number of methoxy groups -OCH3 is 1. The van der Waals surface area contributed by atoms with Gasteiger partial charge in [-0.05, 0) is 12.5 Å². The van der Waals surface area contributed by atoms with Gasteiger partial charge in [-0.2, -0.15) is 0 Å². The zero-order valence-corrected chi connectivity index (χ0v) is 12.6. The molecule has 1 fully saturated rings. The molecule has 0 bridgehead atoms. The molecule has 7 heteroatoms. The van der Waals surface area contributed by atoms with E-state index in [0.717, 1.165) is 18.8 Å². The summed E-state index contributed by atoms with van der Waals surface area (Å²) < 4.78 is 10.2. The van der Waals surface area contributed by atoms with Gasteiger partial charge in [0.25, 0.3) is 11.8 Å². The molecule has 3 heterocycles. The van der Waals surface area contributed by atoms with Crippen LogP contribution in [0.4, 0.5) is 5.82 Å². The fourth-order valence-corrected chi connectivity index (χ4v) is 2.68. The highest BCUT2D eigenvalue weighted by Gasteiger charge is 2.31. The maximum atomic E-state index is 12.4. The van der Waals surface area contributed by atoms with E-state index < -0.39 is 0 Å². The Balaban J connectivity index is 1.71. The van der Waals surface area contributed by atoms with E-state index in [-0.39, 0.29) is 11.9 Å². The Hall–Kier alpha value is -2.57. The van der Waals surface area contributed by atoms with E-state index in [9.17, 15) is 4.79 Å². The van der Waals surface area contributed by atoms with Crippen LogP contribution in [0.3, 0.4) is 0 Å². The SMILES string of the molecule is COc1nccnc1N1CC[C@@H](N(C)C(=O)c2ccoc2)C1. The molecule has 0 aromatic carbocycles. The number of carbonyl (C=O) groups is 1. The predicted octanol–water partition coefficient (Wildman–Crippen LogP) is 1.43. The van der Waals surface area contributed by atoms with Crippen molar-refractivity contribution in [1.82, 2.24) is 14.9 Å². The summed E-state index contributed by atoms with van der Waals surface area (Å²) in [6.45, 7) is 1.51. The van der Waals surface area contributed by atoms with Gasteiger partial charge in [-0.1, -0.05) is 0 Å². The van der Waals surface area contributed by atoms with Crippen LogP contribution in [0, 0.1) is 0 Å². The van der Waals surface area contributed by atoms with Gasteiger partial charge < -0.3 is 19.0 Å². The first-order valence-corrected chi connectivity index (χ1v) is 7.10. The molecule has 1 amide bonds. The zero-order chi connectivity index (χ0) is 15.5. The lowest BCUT2D eigenvalue weighted by Gasteiger charge is -2.25. The molecule has 0 N–H and O–H groups in total. The largest absolute Gasteiger partial charge is 0.478 e. The number of rotatable bonds is 4. The van der Waals surface area contributed by atoms with Crippen LogP contribution in [0.5, 0.6) is 5.88 Å². The molecule has 1 aliphatic rings. The molecule has 116 valence electrons. The van der Waals surface area contributed by atoms with E-state index in [2.05, 4.69) is 14.9 Å². The van der Waals surface area contributed by atoms with E-state index in [4.69, 9.17) is 9.15 Å². The number of nitrogens with zero attached hydrogens (tertiary/aromatic N) is 4. The molecule has 0 aliphatic carbocycles. The molecule has 7 nitrogen and oxygen atoms in total. The monoisotopic (exact) mass is 302 g/mol. The summed E-state index contributed by atoms with van der Waals surface area (Å²) in [5.41, 5.74) is 0.568. The average molecular weight is 302 g/mol. The summed E-state index contributed by atoms with van der Waals surface area (Å²) in [7, 11) is 3.40. The lowest BCUT2D eigenvalue weighted by Crippen LogP contribution is -2.39. The third kappa shape index (κ3) is 2.61. The first-order valence-electron chi connectivity index (χ1n) is 7.10. The average Bonchev–Trinajstić information content (AvgIpc) is 3.24. The van der Waals surface area contributed by atoms with Crippen LogP contribution in [0.15, 0.2) is 35.4 Å². The smallest absolute Gasteiger partial charge is 0.257 e. The Bertz CT molecular complexity index is 644. The number of likely N-dealkylation sites (N-methyl/N-ethyl adjacent to an activating group) is 1. The summed E-state index contributed by atoms with van der Waals surface area (Å²) in [5, 5.41) is 0. The van der Waals surface area contributed by atoms with Gasteiger partial charge >= 0.3 is 0 Å². The van der Waals surface area contributed by atoms with Crippen molar-refractivity contribution in [3.8, 4) is 5.88 Å². The summed E-state index contributed by atoms with van der Waals surface area (Å²) in [6.07, 6.45) is 7.10. The number of aromatic nitrogens is 2. The highest BCUT2D eigenvalue weighted by atomic mass is 16.5. The summed E-state index contributed by atoms with van der Waals surface area (Å²) >= 11 is 0. The van der Waals surface area contributed by atoms with Gasteiger partial charge in [0.2, 0.25) is 0 Å². The number of hydrogen-bond acceptors (Lipinski definition) is 6. The van der Waals surface area contributed by atoms with E-state index in [1.54, 1.807) is 30.5 Å². The van der Waals surface area contributed by atoms with Crippen molar-refractivity contribution in [2.24, 2.45) is 0 Å². The molecule has 0 saturated carbocycles. The van der Waals surface area contributed by atoms with Gasteiger partial charge in [-0.3, -0.25) is 4.79 Å². The molecule has 0 unspecified atom stereocenters.